The Labute approximate surface area is 181 Å². The minimum absolute atomic E-state index is 0.0800. The SMILES string of the molecule is CCC(CC)C(NC(=O)c1ccc2c(c1)C(=O)N(CCCOC)C2=O)c1cccs1. The molecule has 0 spiro atoms. The quantitative estimate of drug-likeness (QED) is 0.452. The number of hydrogen-bond acceptors (Lipinski definition) is 5. The summed E-state index contributed by atoms with van der Waals surface area (Å²) >= 11 is 1.63. The summed E-state index contributed by atoms with van der Waals surface area (Å²) in [4.78, 5) is 40.6. The molecule has 1 aromatic carbocycles. The molecule has 0 aliphatic carbocycles. The van der Waals surface area contributed by atoms with Gasteiger partial charge in [0, 0.05) is 30.7 Å². The average molecular weight is 429 g/mol. The third kappa shape index (κ3) is 4.47. The molecule has 1 aromatic heterocycles. The molecule has 1 N–H and O–H groups in total. The molecule has 7 heteroatoms. The largest absolute Gasteiger partial charge is 0.385 e. The Hall–Kier alpha value is -2.51. The summed E-state index contributed by atoms with van der Waals surface area (Å²) in [5.74, 6) is -0.579. The van der Waals surface area contributed by atoms with Gasteiger partial charge in [-0.2, -0.15) is 0 Å². The molecule has 3 amide bonds. The molecule has 1 atom stereocenters. The molecule has 1 aliphatic rings. The number of imide groups is 1. The molecule has 2 aromatic rings. The zero-order chi connectivity index (χ0) is 21.7. The van der Waals surface area contributed by atoms with E-state index in [1.807, 2.05) is 17.5 Å². The Balaban J connectivity index is 1.80. The maximum Gasteiger partial charge on any atom is 0.261 e. The van der Waals surface area contributed by atoms with Crippen LogP contribution in [0.2, 0.25) is 0 Å². The van der Waals surface area contributed by atoms with E-state index in [1.54, 1.807) is 36.6 Å². The highest BCUT2D eigenvalue weighted by molar-refractivity contribution is 7.10. The van der Waals surface area contributed by atoms with Crippen LogP contribution in [0.4, 0.5) is 0 Å². The number of hydrogen-bond donors (Lipinski definition) is 1. The first-order valence-corrected chi connectivity index (χ1v) is 11.2. The van der Waals surface area contributed by atoms with Crippen molar-refractivity contribution in [2.24, 2.45) is 5.92 Å². The maximum absolute atomic E-state index is 13.0. The highest BCUT2D eigenvalue weighted by Crippen LogP contribution is 2.31. The number of methoxy groups -OCH3 is 1. The van der Waals surface area contributed by atoms with Crippen molar-refractivity contribution < 1.29 is 19.1 Å². The Kier molecular flexibility index (Phi) is 7.39. The van der Waals surface area contributed by atoms with Gasteiger partial charge in [-0.25, -0.2) is 0 Å². The van der Waals surface area contributed by atoms with Gasteiger partial charge in [0.2, 0.25) is 0 Å². The lowest BCUT2D eigenvalue weighted by Crippen LogP contribution is -2.33. The molecule has 0 fully saturated rings. The second kappa shape index (κ2) is 10.00. The first-order valence-electron chi connectivity index (χ1n) is 10.3. The average Bonchev–Trinajstić information content (AvgIpc) is 3.37. The van der Waals surface area contributed by atoms with Gasteiger partial charge in [-0.3, -0.25) is 19.3 Å². The first kappa shape index (κ1) is 22.2. The zero-order valence-electron chi connectivity index (χ0n) is 17.6. The molecule has 0 bridgehead atoms. The third-order valence-electron chi connectivity index (χ3n) is 5.62. The van der Waals surface area contributed by atoms with Crippen LogP contribution < -0.4 is 5.32 Å². The predicted molar refractivity (Wildman–Crippen MR) is 117 cm³/mol. The fourth-order valence-corrected chi connectivity index (χ4v) is 4.75. The number of carbonyl (C=O) groups is 3. The lowest BCUT2D eigenvalue weighted by Gasteiger charge is -2.25. The van der Waals surface area contributed by atoms with Crippen LogP contribution in [-0.4, -0.2) is 42.9 Å². The van der Waals surface area contributed by atoms with E-state index in [0.717, 1.165) is 17.7 Å². The van der Waals surface area contributed by atoms with Gasteiger partial charge in [-0.15, -0.1) is 11.3 Å². The number of benzene rings is 1. The van der Waals surface area contributed by atoms with E-state index in [1.165, 1.54) is 4.90 Å². The van der Waals surface area contributed by atoms with Crippen molar-refractivity contribution in [2.75, 3.05) is 20.3 Å². The molecule has 30 heavy (non-hydrogen) atoms. The van der Waals surface area contributed by atoms with Crippen molar-refractivity contribution in [3.8, 4) is 0 Å². The molecular weight excluding hydrogens is 400 g/mol. The van der Waals surface area contributed by atoms with Crippen LogP contribution in [0.5, 0.6) is 0 Å². The van der Waals surface area contributed by atoms with Gasteiger partial charge in [0.15, 0.2) is 0 Å². The summed E-state index contributed by atoms with van der Waals surface area (Å²) in [7, 11) is 1.58. The number of carbonyl (C=O) groups excluding carboxylic acids is 3. The molecule has 3 rings (SSSR count). The Morgan fingerprint density at radius 3 is 2.50 bits per heavy atom. The normalized spacial score (nSPS) is 14.3. The van der Waals surface area contributed by atoms with E-state index in [2.05, 4.69) is 19.2 Å². The van der Waals surface area contributed by atoms with Crippen molar-refractivity contribution in [2.45, 2.75) is 39.2 Å². The zero-order valence-corrected chi connectivity index (χ0v) is 18.5. The summed E-state index contributed by atoms with van der Waals surface area (Å²) < 4.78 is 5.00. The number of rotatable bonds is 10. The van der Waals surface area contributed by atoms with Gasteiger partial charge >= 0.3 is 0 Å². The molecule has 6 nitrogen and oxygen atoms in total. The van der Waals surface area contributed by atoms with Crippen LogP contribution in [0, 0.1) is 5.92 Å². The fraction of sp³-hybridized carbons (Fsp3) is 0.435. The van der Waals surface area contributed by atoms with E-state index in [-0.39, 0.29) is 23.8 Å². The summed E-state index contributed by atoms with van der Waals surface area (Å²) in [6.07, 6.45) is 2.48. The third-order valence-corrected chi connectivity index (χ3v) is 6.57. The molecular formula is C23H28N2O4S. The summed E-state index contributed by atoms with van der Waals surface area (Å²) in [6.45, 7) is 5.02. The molecule has 160 valence electrons. The highest BCUT2D eigenvalue weighted by atomic mass is 32.1. The Morgan fingerprint density at radius 2 is 1.87 bits per heavy atom. The van der Waals surface area contributed by atoms with Crippen molar-refractivity contribution >= 4 is 29.1 Å². The van der Waals surface area contributed by atoms with E-state index < -0.39 is 0 Å². The molecule has 2 heterocycles. The van der Waals surface area contributed by atoms with Gasteiger partial charge in [-0.1, -0.05) is 32.8 Å². The second-order valence-electron chi connectivity index (χ2n) is 7.41. The smallest absolute Gasteiger partial charge is 0.261 e. The van der Waals surface area contributed by atoms with Gasteiger partial charge < -0.3 is 10.1 Å². The topological polar surface area (TPSA) is 75.7 Å². The standard InChI is InChI=1S/C23H28N2O4S/c1-4-15(5-2)20(19-8-6-13-30-19)24-21(26)16-9-10-17-18(14-16)23(28)25(22(17)27)11-7-12-29-3/h6,8-10,13-15,20H,4-5,7,11-12H2,1-3H3,(H,24,26). The minimum Gasteiger partial charge on any atom is -0.385 e. The van der Waals surface area contributed by atoms with Crippen LogP contribution in [0.3, 0.4) is 0 Å². The van der Waals surface area contributed by atoms with Gasteiger partial charge in [0.1, 0.15) is 0 Å². The maximum atomic E-state index is 13.0. The minimum atomic E-state index is -0.351. The van der Waals surface area contributed by atoms with Crippen LogP contribution in [0.15, 0.2) is 35.7 Å². The van der Waals surface area contributed by atoms with Gasteiger partial charge in [0.05, 0.1) is 17.2 Å². The van der Waals surface area contributed by atoms with E-state index >= 15 is 0 Å². The number of ether oxygens (including phenoxy) is 1. The number of nitrogens with one attached hydrogen (secondary N) is 1. The van der Waals surface area contributed by atoms with E-state index in [4.69, 9.17) is 4.74 Å². The second-order valence-corrected chi connectivity index (χ2v) is 8.39. The van der Waals surface area contributed by atoms with Crippen molar-refractivity contribution in [1.82, 2.24) is 10.2 Å². The summed E-state index contributed by atoms with van der Waals surface area (Å²) in [5, 5.41) is 5.16. The van der Waals surface area contributed by atoms with Crippen molar-refractivity contribution in [3.63, 3.8) is 0 Å². The monoisotopic (exact) mass is 428 g/mol. The van der Waals surface area contributed by atoms with Crippen molar-refractivity contribution in [3.05, 3.63) is 57.3 Å². The highest BCUT2D eigenvalue weighted by Gasteiger charge is 2.35. The predicted octanol–water partition coefficient (Wildman–Crippen LogP) is 4.29. The molecule has 1 aliphatic heterocycles. The van der Waals surface area contributed by atoms with Gasteiger partial charge in [0.25, 0.3) is 17.7 Å². The van der Waals surface area contributed by atoms with Crippen LogP contribution in [0.25, 0.3) is 0 Å². The molecule has 1 unspecified atom stereocenters. The number of amides is 3. The van der Waals surface area contributed by atoms with Crippen molar-refractivity contribution in [1.29, 1.82) is 0 Å². The lowest BCUT2D eigenvalue weighted by atomic mass is 9.92. The Bertz CT molecular complexity index is 906. The number of thiophene rings is 1. The van der Waals surface area contributed by atoms with Crippen LogP contribution in [0.1, 0.15) is 75.1 Å². The summed E-state index contributed by atoms with van der Waals surface area (Å²) in [5.41, 5.74) is 1.03. The fourth-order valence-electron chi connectivity index (χ4n) is 3.88. The lowest BCUT2D eigenvalue weighted by molar-refractivity contribution is 0.0638. The molecule has 0 radical (unpaired) electrons. The van der Waals surface area contributed by atoms with E-state index in [0.29, 0.717) is 42.2 Å². The number of nitrogens with zero attached hydrogens (tertiary/aromatic N) is 1. The summed E-state index contributed by atoms with van der Waals surface area (Å²) in [6, 6.07) is 8.69. The molecule has 0 saturated carbocycles. The van der Waals surface area contributed by atoms with Gasteiger partial charge in [-0.05, 0) is 42.0 Å². The van der Waals surface area contributed by atoms with Crippen LogP contribution >= 0.6 is 11.3 Å². The first-order chi connectivity index (χ1) is 14.5. The van der Waals surface area contributed by atoms with Crippen LogP contribution in [-0.2, 0) is 4.74 Å². The molecule has 0 saturated heterocycles. The van der Waals surface area contributed by atoms with E-state index in [9.17, 15) is 14.4 Å². The Morgan fingerprint density at radius 1 is 1.13 bits per heavy atom. The number of fused-ring (bicyclic) bond motifs is 1.